The number of methoxy groups -OCH3 is 1. The minimum Gasteiger partial charge on any atom is -0.481 e. The molecule has 0 bridgehead atoms. The van der Waals surface area contributed by atoms with Crippen molar-refractivity contribution in [3.05, 3.63) is 0 Å². The summed E-state index contributed by atoms with van der Waals surface area (Å²) in [5, 5.41) is 11.5. The van der Waals surface area contributed by atoms with E-state index in [2.05, 4.69) is 5.32 Å². The molecule has 0 aliphatic heterocycles. The lowest BCUT2D eigenvalue weighted by Gasteiger charge is -2.30. The molecule has 0 spiro atoms. The molecule has 0 radical (unpaired) electrons. The quantitative estimate of drug-likeness (QED) is 0.712. The van der Waals surface area contributed by atoms with E-state index < -0.39 is 5.97 Å². The van der Waals surface area contributed by atoms with Gasteiger partial charge in [0.15, 0.2) is 0 Å². The zero-order valence-electron chi connectivity index (χ0n) is 12.5. The summed E-state index contributed by atoms with van der Waals surface area (Å²) in [6.07, 6.45) is 5.58. The standard InChI is InChI=1S/C14H26N2O4/c1-16(9-5-12(17)18)13(19)15-11-14(8-10-20-2)6-3-4-7-14/h3-11H2,1-2H3,(H,15,19)(H,17,18). The molecule has 0 saturated heterocycles. The first-order valence-corrected chi connectivity index (χ1v) is 7.19. The molecule has 0 aromatic rings. The number of aliphatic carboxylic acids is 1. The minimum absolute atomic E-state index is 0.0290. The zero-order valence-corrected chi connectivity index (χ0v) is 12.5. The van der Waals surface area contributed by atoms with Gasteiger partial charge in [0.25, 0.3) is 0 Å². The van der Waals surface area contributed by atoms with Crippen molar-refractivity contribution in [1.82, 2.24) is 10.2 Å². The van der Waals surface area contributed by atoms with Crippen LogP contribution >= 0.6 is 0 Å². The summed E-state index contributed by atoms with van der Waals surface area (Å²) in [5.41, 5.74) is 0.152. The molecule has 1 fully saturated rings. The summed E-state index contributed by atoms with van der Waals surface area (Å²) in [6.45, 7) is 1.59. The van der Waals surface area contributed by atoms with Crippen molar-refractivity contribution >= 4 is 12.0 Å². The summed E-state index contributed by atoms with van der Waals surface area (Å²) < 4.78 is 5.16. The van der Waals surface area contributed by atoms with Crippen LogP contribution in [0.1, 0.15) is 38.5 Å². The van der Waals surface area contributed by atoms with E-state index >= 15 is 0 Å². The highest BCUT2D eigenvalue weighted by Crippen LogP contribution is 2.40. The average molecular weight is 286 g/mol. The fourth-order valence-electron chi connectivity index (χ4n) is 2.72. The van der Waals surface area contributed by atoms with Crippen LogP contribution in [-0.2, 0) is 9.53 Å². The van der Waals surface area contributed by atoms with Crippen LogP contribution in [0.25, 0.3) is 0 Å². The Morgan fingerprint density at radius 1 is 1.35 bits per heavy atom. The van der Waals surface area contributed by atoms with Crippen molar-refractivity contribution in [3.8, 4) is 0 Å². The lowest BCUT2D eigenvalue weighted by atomic mass is 9.83. The molecule has 116 valence electrons. The van der Waals surface area contributed by atoms with E-state index in [0.717, 1.165) is 19.3 Å². The number of carbonyl (C=O) groups excluding carboxylic acids is 1. The van der Waals surface area contributed by atoms with Gasteiger partial charge in [-0.05, 0) is 24.7 Å². The second kappa shape index (κ2) is 8.09. The number of ether oxygens (including phenoxy) is 1. The van der Waals surface area contributed by atoms with Gasteiger partial charge in [-0.2, -0.15) is 0 Å². The summed E-state index contributed by atoms with van der Waals surface area (Å²) in [4.78, 5) is 23.8. The Morgan fingerprint density at radius 2 is 2.00 bits per heavy atom. The number of rotatable bonds is 8. The number of hydrogen-bond donors (Lipinski definition) is 2. The fourth-order valence-corrected chi connectivity index (χ4v) is 2.72. The topological polar surface area (TPSA) is 78.9 Å². The highest BCUT2D eigenvalue weighted by atomic mass is 16.5. The first-order valence-electron chi connectivity index (χ1n) is 7.19. The molecule has 0 unspecified atom stereocenters. The molecule has 1 saturated carbocycles. The number of carboxylic acid groups (broad SMARTS) is 1. The predicted molar refractivity (Wildman–Crippen MR) is 75.7 cm³/mol. The van der Waals surface area contributed by atoms with Gasteiger partial charge in [-0.1, -0.05) is 12.8 Å². The van der Waals surface area contributed by atoms with Crippen LogP contribution in [0.3, 0.4) is 0 Å². The monoisotopic (exact) mass is 286 g/mol. The number of amides is 2. The molecule has 1 aliphatic carbocycles. The lowest BCUT2D eigenvalue weighted by molar-refractivity contribution is -0.137. The second-order valence-electron chi connectivity index (χ2n) is 5.67. The van der Waals surface area contributed by atoms with Gasteiger partial charge in [0.2, 0.25) is 0 Å². The van der Waals surface area contributed by atoms with Crippen LogP contribution in [0.5, 0.6) is 0 Å². The molecular weight excluding hydrogens is 260 g/mol. The highest BCUT2D eigenvalue weighted by Gasteiger charge is 2.33. The molecule has 20 heavy (non-hydrogen) atoms. The van der Waals surface area contributed by atoms with E-state index in [-0.39, 0.29) is 24.4 Å². The minimum atomic E-state index is -0.892. The van der Waals surface area contributed by atoms with Gasteiger partial charge >= 0.3 is 12.0 Å². The Balaban J connectivity index is 2.38. The third-order valence-corrected chi connectivity index (χ3v) is 4.12. The third-order valence-electron chi connectivity index (χ3n) is 4.12. The summed E-state index contributed by atoms with van der Waals surface area (Å²) in [7, 11) is 3.32. The average Bonchev–Trinajstić information content (AvgIpc) is 2.89. The Kier molecular flexibility index (Phi) is 6.78. The molecule has 6 nitrogen and oxygen atoms in total. The van der Waals surface area contributed by atoms with Gasteiger partial charge in [0.05, 0.1) is 6.42 Å². The number of carbonyl (C=O) groups is 2. The number of hydrogen-bond acceptors (Lipinski definition) is 3. The number of nitrogens with one attached hydrogen (secondary N) is 1. The maximum atomic E-state index is 11.9. The van der Waals surface area contributed by atoms with Crippen molar-refractivity contribution in [3.63, 3.8) is 0 Å². The van der Waals surface area contributed by atoms with Crippen molar-refractivity contribution in [2.24, 2.45) is 5.41 Å². The molecule has 2 amide bonds. The molecule has 1 rings (SSSR count). The van der Waals surface area contributed by atoms with Crippen molar-refractivity contribution in [2.45, 2.75) is 38.5 Å². The summed E-state index contributed by atoms with van der Waals surface area (Å²) >= 11 is 0. The van der Waals surface area contributed by atoms with E-state index in [4.69, 9.17) is 9.84 Å². The van der Waals surface area contributed by atoms with Gasteiger partial charge in [-0.15, -0.1) is 0 Å². The second-order valence-corrected chi connectivity index (χ2v) is 5.67. The molecule has 0 atom stereocenters. The molecule has 0 aromatic carbocycles. The first kappa shape index (κ1) is 16.8. The van der Waals surface area contributed by atoms with E-state index in [1.807, 2.05) is 0 Å². The van der Waals surface area contributed by atoms with Gasteiger partial charge in [0.1, 0.15) is 0 Å². The van der Waals surface area contributed by atoms with E-state index in [9.17, 15) is 9.59 Å². The molecule has 6 heteroatoms. The number of carboxylic acids is 1. The molecular formula is C14H26N2O4. The van der Waals surface area contributed by atoms with Gasteiger partial charge in [-0.3, -0.25) is 4.79 Å². The van der Waals surface area contributed by atoms with Crippen molar-refractivity contribution in [2.75, 3.05) is 33.9 Å². The number of urea groups is 1. The van der Waals surface area contributed by atoms with Crippen LogP contribution in [0.15, 0.2) is 0 Å². The Bertz CT molecular complexity index is 327. The Labute approximate surface area is 120 Å². The van der Waals surface area contributed by atoms with E-state index in [1.54, 1.807) is 14.2 Å². The summed E-state index contributed by atoms with van der Waals surface area (Å²) in [5.74, 6) is -0.892. The van der Waals surface area contributed by atoms with Crippen molar-refractivity contribution < 1.29 is 19.4 Å². The maximum absolute atomic E-state index is 11.9. The van der Waals surface area contributed by atoms with Gasteiger partial charge in [0, 0.05) is 33.9 Å². The van der Waals surface area contributed by atoms with Crippen LogP contribution < -0.4 is 5.32 Å². The van der Waals surface area contributed by atoms with Crippen LogP contribution in [0.4, 0.5) is 4.79 Å². The van der Waals surface area contributed by atoms with Crippen LogP contribution in [0.2, 0.25) is 0 Å². The smallest absolute Gasteiger partial charge is 0.317 e. The third kappa shape index (κ3) is 5.36. The van der Waals surface area contributed by atoms with Crippen molar-refractivity contribution in [1.29, 1.82) is 0 Å². The largest absolute Gasteiger partial charge is 0.481 e. The Morgan fingerprint density at radius 3 is 2.55 bits per heavy atom. The van der Waals surface area contributed by atoms with Crippen LogP contribution in [-0.4, -0.2) is 55.9 Å². The normalized spacial score (nSPS) is 16.9. The Hall–Kier alpha value is -1.30. The SMILES string of the molecule is COCCC1(CNC(=O)N(C)CCC(=O)O)CCCC1. The number of nitrogens with zero attached hydrogens (tertiary/aromatic N) is 1. The molecule has 1 aliphatic rings. The zero-order chi connectivity index (χ0) is 15.0. The van der Waals surface area contributed by atoms with E-state index in [0.29, 0.717) is 13.2 Å². The molecule has 0 aromatic heterocycles. The molecule has 0 heterocycles. The molecule has 2 N–H and O–H groups in total. The van der Waals surface area contributed by atoms with Crippen LogP contribution in [0, 0.1) is 5.41 Å². The fraction of sp³-hybridized carbons (Fsp3) is 0.857. The summed E-state index contributed by atoms with van der Waals surface area (Å²) in [6, 6.07) is -0.199. The van der Waals surface area contributed by atoms with E-state index in [1.165, 1.54) is 17.7 Å². The predicted octanol–water partition coefficient (Wildman–Crippen LogP) is 1.70. The maximum Gasteiger partial charge on any atom is 0.317 e. The highest BCUT2D eigenvalue weighted by molar-refractivity contribution is 5.75. The first-order chi connectivity index (χ1) is 9.49. The van der Waals surface area contributed by atoms with Gasteiger partial charge < -0.3 is 20.1 Å². The lowest BCUT2D eigenvalue weighted by Crippen LogP contribution is -2.43. The van der Waals surface area contributed by atoms with Gasteiger partial charge in [-0.25, -0.2) is 4.79 Å².